The van der Waals surface area contributed by atoms with Gasteiger partial charge in [0.05, 0.1) is 0 Å². The van der Waals surface area contributed by atoms with Crippen LogP contribution in [0.1, 0.15) is 6.42 Å². The summed E-state index contributed by atoms with van der Waals surface area (Å²) < 4.78 is 4.89. The molecule has 0 heterocycles. The fourth-order valence-electron chi connectivity index (χ4n) is 0.319. The number of rotatable bonds is 3. The fourth-order valence-corrected chi connectivity index (χ4v) is 0.956. The maximum atomic E-state index is 4.99. The smallest absolute Gasteiger partial charge is 0.161 e. The van der Waals surface area contributed by atoms with E-state index in [4.69, 9.17) is 10.8 Å². The predicted octanol–water partition coefficient (Wildman–Crippen LogP) is 0.158. The molecule has 0 aliphatic rings. The molecule has 40 valence electrons. The fraction of sp³-hybridized carbons (Fsp3) is 0.600. The Morgan fingerprint density at radius 3 is 3.00 bits per heavy atom. The maximum absolute atomic E-state index is 4.99. The van der Waals surface area contributed by atoms with Crippen molar-refractivity contribution in [2.75, 3.05) is 7.11 Å². The van der Waals surface area contributed by atoms with Crippen molar-refractivity contribution in [2.24, 2.45) is 0 Å². The van der Waals surface area contributed by atoms with Crippen LogP contribution in [0.3, 0.4) is 0 Å². The van der Waals surface area contributed by atoms with Gasteiger partial charge >= 0.3 is 0 Å². The second kappa shape index (κ2) is 5.74. The molecule has 0 radical (unpaired) electrons. The van der Waals surface area contributed by atoms with Gasteiger partial charge in [0.25, 0.3) is 0 Å². The van der Waals surface area contributed by atoms with Gasteiger partial charge < -0.3 is 4.43 Å². The Morgan fingerprint density at radius 1 is 1.86 bits per heavy atom. The molecule has 0 aliphatic carbocycles. The standard InChI is InChI=1S/C5H10OSi/c1-3-4-5-7-6-2/h1H,4-5,7H2,2H3. The summed E-state index contributed by atoms with van der Waals surface area (Å²) in [5.41, 5.74) is 0. The highest BCUT2D eigenvalue weighted by molar-refractivity contribution is 6.26. The lowest BCUT2D eigenvalue weighted by Gasteiger charge is -1.88. The van der Waals surface area contributed by atoms with Gasteiger partial charge in [0, 0.05) is 13.5 Å². The van der Waals surface area contributed by atoms with Crippen molar-refractivity contribution >= 4 is 9.76 Å². The van der Waals surface area contributed by atoms with Gasteiger partial charge in [-0.15, -0.1) is 12.3 Å². The first-order chi connectivity index (χ1) is 3.41. The van der Waals surface area contributed by atoms with E-state index < -0.39 is 0 Å². The number of hydrogen-bond donors (Lipinski definition) is 0. The van der Waals surface area contributed by atoms with Crippen LogP contribution in [0.5, 0.6) is 0 Å². The van der Waals surface area contributed by atoms with Crippen molar-refractivity contribution in [3.05, 3.63) is 0 Å². The summed E-state index contributed by atoms with van der Waals surface area (Å²) in [5.74, 6) is 2.56. The van der Waals surface area contributed by atoms with Gasteiger partial charge in [-0.05, 0) is 6.04 Å². The van der Waals surface area contributed by atoms with Crippen LogP contribution < -0.4 is 0 Å². The van der Waals surface area contributed by atoms with Gasteiger partial charge in [0.15, 0.2) is 9.76 Å². The van der Waals surface area contributed by atoms with Crippen molar-refractivity contribution in [3.8, 4) is 12.3 Å². The molecule has 0 saturated carbocycles. The van der Waals surface area contributed by atoms with Gasteiger partial charge in [-0.3, -0.25) is 0 Å². The Morgan fingerprint density at radius 2 is 2.57 bits per heavy atom. The van der Waals surface area contributed by atoms with E-state index in [1.54, 1.807) is 7.11 Å². The molecular formula is C5H10OSi. The zero-order chi connectivity index (χ0) is 5.54. The molecule has 0 amide bonds. The van der Waals surface area contributed by atoms with Crippen LogP contribution in [0.15, 0.2) is 0 Å². The van der Waals surface area contributed by atoms with Crippen LogP contribution in [0.25, 0.3) is 0 Å². The van der Waals surface area contributed by atoms with Gasteiger partial charge in [0.2, 0.25) is 0 Å². The zero-order valence-electron chi connectivity index (χ0n) is 4.61. The summed E-state index contributed by atoms with van der Waals surface area (Å²) in [6.45, 7) is 0. The SMILES string of the molecule is C#CCC[SiH2]OC. The maximum Gasteiger partial charge on any atom is 0.161 e. The van der Waals surface area contributed by atoms with E-state index in [-0.39, 0.29) is 9.76 Å². The Hall–Kier alpha value is -0.263. The topological polar surface area (TPSA) is 9.23 Å². The summed E-state index contributed by atoms with van der Waals surface area (Å²) >= 11 is 0. The highest BCUT2D eigenvalue weighted by Gasteiger charge is 1.79. The quantitative estimate of drug-likeness (QED) is 0.288. The van der Waals surface area contributed by atoms with E-state index in [1.807, 2.05) is 0 Å². The molecule has 0 rings (SSSR count). The van der Waals surface area contributed by atoms with Crippen molar-refractivity contribution in [1.82, 2.24) is 0 Å². The molecule has 0 unspecified atom stereocenters. The van der Waals surface area contributed by atoms with E-state index in [0.717, 1.165) is 12.5 Å². The van der Waals surface area contributed by atoms with E-state index in [9.17, 15) is 0 Å². The molecule has 0 aromatic rings. The third kappa shape index (κ3) is 5.74. The molecule has 0 atom stereocenters. The summed E-state index contributed by atoms with van der Waals surface area (Å²) in [5, 5.41) is 0. The van der Waals surface area contributed by atoms with E-state index in [0.29, 0.717) is 0 Å². The average molecular weight is 114 g/mol. The molecule has 0 aromatic heterocycles. The van der Waals surface area contributed by atoms with Gasteiger partial charge in [-0.2, -0.15) is 0 Å². The molecule has 0 aliphatic heterocycles. The lowest BCUT2D eigenvalue weighted by Crippen LogP contribution is -1.89. The Bertz CT molecular complexity index is 65.0. The molecule has 0 spiro atoms. The van der Waals surface area contributed by atoms with Crippen molar-refractivity contribution in [3.63, 3.8) is 0 Å². The Kier molecular flexibility index (Phi) is 5.52. The van der Waals surface area contributed by atoms with Crippen LogP contribution in [-0.4, -0.2) is 16.9 Å². The van der Waals surface area contributed by atoms with Crippen LogP contribution in [0, 0.1) is 12.3 Å². The molecule has 0 bridgehead atoms. The highest BCUT2D eigenvalue weighted by atomic mass is 28.2. The van der Waals surface area contributed by atoms with Crippen LogP contribution >= 0.6 is 0 Å². The van der Waals surface area contributed by atoms with Crippen molar-refractivity contribution in [2.45, 2.75) is 12.5 Å². The minimum Gasteiger partial charge on any atom is -0.427 e. The normalized spacial score (nSPS) is 9.71. The summed E-state index contributed by atoms with van der Waals surface area (Å²) in [7, 11) is 1.51. The monoisotopic (exact) mass is 114 g/mol. The highest BCUT2D eigenvalue weighted by Crippen LogP contribution is 1.83. The van der Waals surface area contributed by atoms with Crippen molar-refractivity contribution in [1.29, 1.82) is 0 Å². The molecule has 0 aromatic carbocycles. The van der Waals surface area contributed by atoms with Gasteiger partial charge in [-0.25, -0.2) is 0 Å². The first kappa shape index (κ1) is 6.74. The first-order valence-corrected chi connectivity index (χ1v) is 3.92. The largest absolute Gasteiger partial charge is 0.427 e. The molecule has 7 heavy (non-hydrogen) atoms. The summed E-state index contributed by atoms with van der Waals surface area (Å²) in [4.78, 5) is 0. The lowest BCUT2D eigenvalue weighted by atomic mass is 10.5. The van der Waals surface area contributed by atoms with Crippen LogP contribution in [0.2, 0.25) is 6.04 Å². The third-order valence-corrected chi connectivity index (χ3v) is 1.72. The van der Waals surface area contributed by atoms with Crippen molar-refractivity contribution < 1.29 is 4.43 Å². The average Bonchev–Trinajstić information content (AvgIpc) is 1.69. The number of hydrogen-bond acceptors (Lipinski definition) is 1. The lowest BCUT2D eigenvalue weighted by molar-refractivity contribution is 0.441. The second-order valence-electron chi connectivity index (χ2n) is 1.30. The van der Waals surface area contributed by atoms with E-state index in [2.05, 4.69) is 5.92 Å². The summed E-state index contributed by atoms with van der Waals surface area (Å²) in [6, 6.07) is 1.12. The third-order valence-electron chi connectivity index (χ3n) is 0.670. The van der Waals surface area contributed by atoms with E-state index in [1.165, 1.54) is 0 Å². The molecule has 0 N–H and O–H groups in total. The molecular weight excluding hydrogens is 104 g/mol. The minimum absolute atomic E-state index is 0.232. The molecule has 1 nitrogen and oxygen atoms in total. The second-order valence-corrected chi connectivity index (χ2v) is 2.99. The summed E-state index contributed by atoms with van der Waals surface area (Å²) in [6.07, 6.45) is 5.87. The van der Waals surface area contributed by atoms with E-state index >= 15 is 0 Å². The van der Waals surface area contributed by atoms with Gasteiger partial charge in [0.1, 0.15) is 0 Å². The molecule has 2 heteroatoms. The van der Waals surface area contributed by atoms with Gasteiger partial charge in [-0.1, -0.05) is 0 Å². The minimum atomic E-state index is -0.232. The zero-order valence-corrected chi connectivity index (χ0v) is 6.02. The van der Waals surface area contributed by atoms with Crippen LogP contribution in [0.4, 0.5) is 0 Å². The first-order valence-electron chi connectivity index (χ1n) is 2.34. The molecule has 0 saturated heterocycles. The Balaban J connectivity index is 2.60. The number of terminal acetylenes is 1. The molecule has 0 fully saturated rings. The van der Waals surface area contributed by atoms with Crippen LogP contribution in [-0.2, 0) is 4.43 Å². The Labute approximate surface area is 47.0 Å². The predicted molar refractivity (Wildman–Crippen MR) is 33.8 cm³/mol.